The molecule has 0 spiro atoms. The van der Waals surface area contributed by atoms with Gasteiger partial charge in [-0.3, -0.25) is 4.79 Å². The molecular weight excluding hydrogens is 206 g/mol. The Morgan fingerprint density at radius 1 is 1.56 bits per heavy atom. The first-order valence-electron chi connectivity index (χ1n) is 5.76. The average molecular weight is 223 g/mol. The molecule has 1 aliphatic heterocycles. The monoisotopic (exact) mass is 223 g/mol. The number of hydrogen-bond acceptors (Lipinski definition) is 3. The van der Waals surface area contributed by atoms with Crippen LogP contribution in [0.25, 0.3) is 0 Å². The standard InChI is InChI=1S/C12H17NO3/c14-11(15)8-9-4-1-2-6-13-12(9)10-5-3-7-16-10/h3,5,7,9,12-13H,1-2,4,6,8H2,(H,14,15)/t9-,12+/m1/s1. The molecule has 0 aliphatic carbocycles. The van der Waals surface area contributed by atoms with Gasteiger partial charge in [-0.1, -0.05) is 6.42 Å². The predicted octanol–water partition coefficient (Wildman–Crippen LogP) is 2.19. The summed E-state index contributed by atoms with van der Waals surface area (Å²) in [6.45, 7) is 0.932. The number of carboxylic acid groups (broad SMARTS) is 1. The number of carboxylic acids is 1. The smallest absolute Gasteiger partial charge is 0.303 e. The van der Waals surface area contributed by atoms with Crippen LogP contribution >= 0.6 is 0 Å². The van der Waals surface area contributed by atoms with Gasteiger partial charge in [0.25, 0.3) is 0 Å². The van der Waals surface area contributed by atoms with E-state index in [0.29, 0.717) is 0 Å². The van der Waals surface area contributed by atoms with E-state index >= 15 is 0 Å². The molecule has 0 radical (unpaired) electrons. The summed E-state index contributed by atoms with van der Waals surface area (Å²) in [6, 6.07) is 3.81. The maximum Gasteiger partial charge on any atom is 0.303 e. The van der Waals surface area contributed by atoms with Crippen LogP contribution < -0.4 is 5.32 Å². The molecule has 2 heterocycles. The number of rotatable bonds is 3. The number of hydrogen-bond donors (Lipinski definition) is 2. The van der Waals surface area contributed by atoms with Crippen molar-refractivity contribution in [1.82, 2.24) is 5.32 Å². The SMILES string of the molecule is O=C(O)C[C@H]1CCCCN[C@@H]1c1ccco1. The van der Waals surface area contributed by atoms with E-state index in [2.05, 4.69) is 5.32 Å². The molecule has 4 nitrogen and oxygen atoms in total. The number of aliphatic carboxylic acids is 1. The van der Waals surface area contributed by atoms with Crippen molar-refractivity contribution in [1.29, 1.82) is 0 Å². The fourth-order valence-electron chi connectivity index (χ4n) is 2.37. The zero-order chi connectivity index (χ0) is 11.4. The van der Waals surface area contributed by atoms with Gasteiger partial charge in [0.2, 0.25) is 0 Å². The molecule has 4 heteroatoms. The Labute approximate surface area is 94.6 Å². The summed E-state index contributed by atoms with van der Waals surface area (Å²) in [5, 5.41) is 12.3. The van der Waals surface area contributed by atoms with Crippen LogP contribution in [0.2, 0.25) is 0 Å². The summed E-state index contributed by atoms with van der Waals surface area (Å²) < 4.78 is 5.38. The van der Waals surface area contributed by atoms with Gasteiger partial charge in [0.15, 0.2) is 0 Å². The first-order valence-corrected chi connectivity index (χ1v) is 5.76. The maximum absolute atomic E-state index is 10.8. The number of furan rings is 1. The van der Waals surface area contributed by atoms with Gasteiger partial charge in [-0.2, -0.15) is 0 Å². The largest absolute Gasteiger partial charge is 0.481 e. The van der Waals surface area contributed by atoms with E-state index in [1.165, 1.54) is 0 Å². The third-order valence-electron chi connectivity index (χ3n) is 3.12. The highest BCUT2D eigenvalue weighted by Crippen LogP contribution is 2.31. The summed E-state index contributed by atoms with van der Waals surface area (Å²) in [5.74, 6) is 0.254. The third-order valence-corrected chi connectivity index (χ3v) is 3.12. The van der Waals surface area contributed by atoms with E-state index < -0.39 is 5.97 Å². The second-order valence-electron chi connectivity index (χ2n) is 4.30. The van der Waals surface area contributed by atoms with Crippen LogP contribution in [0, 0.1) is 5.92 Å². The Morgan fingerprint density at radius 2 is 2.44 bits per heavy atom. The molecular formula is C12H17NO3. The first-order chi connectivity index (χ1) is 7.77. The molecule has 1 aromatic heterocycles. The van der Waals surface area contributed by atoms with Gasteiger partial charge < -0.3 is 14.8 Å². The van der Waals surface area contributed by atoms with Crippen molar-refractivity contribution in [2.75, 3.05) is 6.54 Å². The minimum Gasteiger partial charge on any atom is -0.481 e. The second-order valence-corrected chi connectivity index (χ2v) is 4.30. The highest BCUT2D eigenvalue weighted by atomic mass is 16.4. The molecule has 0 amide bonds. The Kier molecular flexibility index (Phi) is 3.62. The van der Waals surface area contributed by atoms with Crippen LogP contribution in [0.5, 0.6) is 0 Å². The van der Waals surface area contributed by atoms with Gasteiger partial charge in [0.05, 0.1) is 18.7 Å². The minimum absolute atomic E-state index is 0.0496. The molecule has 0 unspecified atom stereocenters. The molecule has 88 valence electrons. The number of carbonyl (C=O) groups is 1. The van der Waals surface area contributed by atoms with E-state index in [1.54, 1.807) is 6.26 Å². The van der Waals surface area contributed by atoms with Gasteiger partial charge >= 0.3 is 5.97 Å². The highest BCUT2D eigenvalue weighted by Gasteiger charge is 2.28. The summed E-state index contributed by atoms with van der Waals surface area (Å²) in [5.41, 5.74) is 0. The van der Waals surface area contributed by atoms with Gasteiger partial charge in [-0.05, 0) is 37.4 Å². The lowest BCUT2D eigenvalue weighted by atomic mass is 9.90. The maximum atomic E-state index is 10.8. The molecule has 2 N–H and O–H groups in total. The van der Waals surface area contributed by atoms with Crippen molar-refractivity contribution >= 4 is 5.97 Å². The van der Waals surface area contributed by atoms with Crippen molar-refractivity contribution in [2.45, 2.75) is 31.7 Å². The normalized spacial score (nSPS) is 26.2. The van der Waals surface area contributed by atoms with Crippen LogP contribution in [-0.2, 0) is 4.79 Å². The van der Waals surface area contributed by atoms with Gasteiger partial charge in [-0.25, -0.2) is 0 Å². The lowest BCUT2D eigenvalue weighted by Crippen LogP contribution is -2.27. The van der Waals surface area contributed by atoms with Crippen LogP contribution in [0.1, 0.15) is 37.5 Å². The molecule has 16 heavy (non-hydrogen) atoms. The third kappa shape index (κ3) is 2.64. The number of nitrogens with one attached hydrogen (secondary N) is 1. The molecule has 0 saturated carbocycles. The van der Waals surface area contributed by atoms with Crippen molar-refractivity contribution in [3.8, 4) is 0 Å². The van der Waals surface area contributed by atoms with E-state index in [4.69, 9.17) is 9.52 Å². The van der Waals surface area contributed by atoms with Gasteiger partial charge in [-0.15, -0.1) is 0 Å². The molecule has 1 fully saturated rings. The molecule has 0 aromatic carbocycles. The molecule has 1 aliphatic rings. The fourth-order valence-corrected chi connectivity index (χ4v) is 2.37. The van der Waals surface area contributed by atoms with Crippen molar-refractivity contribution in [3.63, 3.8) is 0 Å². The van der Waals surface area contributed by atoms with E-state index in [-0.39, 0.29) is 18.4 Å². The van der Waals surface area contributed by atoms with Crippen molar-refractivity contribution in [2.24, 2.45) is 5.92 Å². The topological polar surface area (TPSA) is 62.5 Å². The Bertz CT molecular complexity index is 334. The zero-order valence-electron chi connectivity index (χ0n) is 9.19. The Morgan fingerprint density at radius 3 is 3.12 bits per heavy atom. The summed E-state index contributed by atoms with van der Waals surface area (Å²) in [4.78, 5) is 10.8. The zero-order valence-corrected chi connectivity index (χ0v) is 9.19. The van der Waals surface area contributed by atoms with E-state index in [9.17, 15) is 4.79 Å². The van der Waals surface area contributed by atoms with Crippen LogP contribution in [0.3, 0.4) is 0 Å². The summed E-state index contributed by atoms with van der Waals surface area (Å²) in [6.07, 6.45) is 4.98. The molecule has 2 atom stereocenters. The second kappa shape index (κ2) is 5.16. The quantitative estimate of drug-likeness (QED) is 0.824. The predicted molar refractivity (Wildman–Crippen MR) is 59.0 cm³/mol. The van der Waals surface area contributed by atoms with Gasteiger partial charge in [0.1, 0.15) is 5.76 Å². The van der Waals surface area contributed by atoms with Crippen molar-refractivity contribution < 1.29 is 14.3 Å². The molecule has 0 bridgehead atoms. The molecule has 1 aromatic rings. The summed E-state index contributed by atoms with van der Waals surface area (Å²) >= 11 is 0. The van der Waals surface area contributed by atoms with E-state index in [0.717, 1.165) is 31.6 Å². The molecule has 2 rings (SSSR count). The lowest BCUT2D eigenvalue weighted by molar-refractivity contribution is -0.138. The van der Waals surface area contributed by atoms with E-state index in [1.807, 2.05) is 12.1 Å². The Hall–Kier alpha value is -1.29. The lowest BCUT2D eigenvalue weighted by Gasteiger charge is -2.22. The molecule has 1 saturated heterocycles. The van der Waals surface area contributed by atoms with Crippen LogP contribution in [0.4, 0.5) is 0 Å². The minimum atomic E-state index is -0.731. The highest BCUT2D eigenvalue weighted by molar-refractivity contribution is 5.67. The summed E-state index contributed by atoms with van der Waals surface area (Å²) in [7, 11) is 0. The first kappa shape index (κ1) is 11.2. The van der Waals surface area contributed by atoms with Crippen molar-refractivity contribution in [3.05, 3.63) is 24.2 Å². The average Bonchev–Trinajstić information content (AvgIpc) is 2.66. The Balaban J connectivity index is 2.13. The van der Waals surface area contributed by atoms with Gasteiger partial charge in [0, 0.05) is 0 Å². The fraction of sp³-hybridized carbons (Fsp3) is 0.583. The van der Waals surface area contributed by atoms with Crippen LogP contribution in [0.15, 0.2) is 22.8 Å². The van der Waals surface area contributed by atoms with Crippen LogP contribution in [-0.4, -0.2) is 17.6 Å².